The molecule has 0 amide bonds. The van der Waals surface area contributed by atoms with Gasteiger partial charge in [0.15, 0.2) is 0 Å². The number of nitrogens with zero attached hydrogens (tertiary/aromatic N) is 2. The Bertz CT molecular complexity index is 1070. The summed E-state index contributed by atoms with van der Waals surface area (Å²) < 4.78 is 5.27. The topological polar surface area (TPSA) is 32.8 Å². The van der Waals surface area contributed by atoms with Gasteiger partial charge in [0.05, 0.1) is 14.8 Å². The highest BCUT2D eigenvalue weighted by molar-refractivity contribution is 15.0. The molecule has 0 aliphatic carbocycles. The lowest BCUT2D eigenvalue weighted by atomic mass is 9.87. The molecule has 0 spiro atoms. The highest BCUT2D eigenvalue weighted by atomic mass is 128. The zero-order valence-corrected chi connectivity index (χ0v) is 31.3. The molecule has 4 rings (SSSR count). The van der Waals surface area contributed by atoms with E-state index < -0.39 is 8.07 Å². The van der Waals surface area contributed by atoms with Crippen molar-refractivity contribution < 1.29 is 9.53 Å². The van der Waals surface area contributed by atoms with Gasteiger partial charge in [-0.15, -0.1) is 0 Å². The monoisotopic (exact) mass is 800 g/mol. The van der Waals surface area contributed by atoms with Crippen molar-refractivity contribution in [1.29, 1.82) is 0 Å². The van der Waals surface area contributed by atoms with Crippen molar-refractivity contribution in [3.8, 4) is 0 Å². The van der Waals surface area contributed by atoms with Crippen LogP contribution in [0.2, 0.25) is 19.6 Å². The second-order valence-corrected chi connectivity index (χ2v) is 16.8. The summed E-state index contributed by atoms with van der Waals surface area (Å²) in [6.07, 6.45) is 1.18. The van der Waals surface area contributed by atoms with Gasteiger partial charge in [0.2, 0.25) is 0 Å². The van der Waals surface area contributed by atoms with Crippen LogP contribution in [0.25, 0.3) is 0 Å². The lowest BCUT2D eigenvalue weighted by Gasteiger charge is -2.28. The first-order valence-electron chi connectivity index (χ1n) is 14.5. The van der Waals surface area contributed by atoms with Gasteiger partial charge < -0.3 is 4.74 Å². The van der Waals surface area contributed by atoms with Crippen LogP contribution in [0.5, 0.6) is 0 Å². The maximum Gasteiger partial charge on any atom is 0.134 e. The molecule has 0 unspecified atom stereocenters. The van der Waals surface area contributed by atoms with Crippen LogP contribution >= 0.6 is 37.2 Å². The molecule has 4 nitrogen and oxygen atoms in total. The van der Waals surface area contributed by atoms with Crippen molar-refractivity contribution in [2.24, 2.45) is 5.92 Å². The first kappa shape index (κ1) is 37.9. The molecule has 1 aliphatic heterocycles. The fourth-order valence-corrected chi connectivity index (χ4v) is 6.69. The molecule has 2 atom stereocenters. The van der Waals surface area contributed by atoms with E-state index in [1.165, 1.54) is 22.9 Å². The Labute approximate surface area is 274 Å². The molecule has 226 valence electrons. The predicted octanol–water partition coefficient (Wildman–Crippen LogP) is 9.26. The van der Waals surface area contributed by atoms with Crippen molar-refractivity contribution in [3.63, 3.8) is 0 Å². The molecule has 0 N–H and O–H groups in total. The third-order valence-electron chi connectivity index (χ3n) is 6.65. The Hall–Kier alpha value is -1.11. The Kier molecular flexibility index (Phi) is 19.9. The van der Waals surface area contributed by atoms with Crippen LogP contribution in [-0.2, 0) is 22.6 Å². The molecule has 1 heterocycles. The summed E-state index contributed by atoms with van der Waals surface area (Å²) in [5, 5.41) is 0. The third-order valence-corrected chi connectivity index (χ3v) is 8.05. The van der Waals surface area contributed by atoms with Crippen LogP contribution in [0.4, 0.5) is 0 Å². The minimum absolute atomic E-state index is 0.121. The maximum atomic E-state index is 12.0. The summed E-state index contributed by atoms with van der Waals surface area (Å²) in [6, 6.07) is 31.5. The molecule has 7 heteroatoms. The summed E-state index contributed by atoms with van der Waals surface area (Å²) >= 11 is 4.24. The summed E-state index contributed by atoms with van der Waals surface area (Å²) in [5.74, 6) is 0.753. The van der Waals surface area contributed by atoms with Crippen LogP contribution in [0.3, 0.4) is 0 Å². The molecule has 0 bridgehead atoms. The van der Waals surface area contributed by atoms with Gasteiger partial charge in [-0.05, 0) is 29.8 Å². The molecule has 3 aromatic carbocycles. The van der Waals surface area contributed by atoms with Gasteiger partial charge in [-0.25, -0.2) is 0 Å². The van der Waals surface area contributed by atoms with E-state index in [0.717, 1.165) is 32.9 Å². The molecule has 1 fully saturated rings. The smallest absolute Gasteiger partial charge is 0.134 e. The number of ketones is 1. The summed E-state index contributed by atoms with van der Waals surface area (Å²) in [6.45, 7) is 17.4. The number of methoxy groups -OCH3 is 1. The van der Waals surface area contributed by atoms with Crippen molar-refractivity contribution in [1.82, 2.24) is 9.80 Å². The molecular formula is C34H50I2N2O2Si. The Morgan fingerprint density at radius 3 is 1.80 bits per heavy atom. The number of hydrogen-bond acceptors (Lipinski definition) is 4. The van der Waals surface area contributed by atoms with Gasteiger partial charge in [0.25, 0.3) is 0 Å². The third kappa shape index (κ3) is 15.3. The van der Waals surface area contributed by atoms with E-state index in [1.807, 2.05) is 26.0 Å². The van der Waals surface area contributed by atoms with Crippen molar-refractivity contribution in [2.75, 3.05) is 33.1 Å². The van der Waals surface area contributed by atoms with E-state index in [-0.39, 0.29) is 5.92 Å². The van der Waals surface area contributed by atoms with E-state index in [4.69, 9.17) is 4.74 Å². The van der Waals surface area contributed by atoms with Gasteiger partial charge >= 0.3 is 0 Å². The second-order valence-electron chi connectivity index (χ2n) is 11.4. The highest BCUT2D eigenvalue weighted by Crippen LogP contribution is 2.34. The summed E-state index contributed by atoms with van der Waals surface area (Å²) in [4.78, 5) is 16.8. The number of Topliss-reactive ketones (excluding diaryl/α,β-unsaturated/α-hetero) is 1. The van der Waals surface area contributed by atoms with Gasteiger partial charge in [0.1, 0.15) is 5.78 Å². The highest BCUT2D eigenvalue weighted by Gasteiger charge is 2.36. The summed E-state index contributed by atoms with van der Waals surface area (Å²) in [7, 11) is 0.701. The lowest BCUT2D eigenvalue weighted by Crippen LogP contribution is -2.40. The summed E-state index contributed by atoms with van der Waals surface area (Å²) in [5.41, 5.74) is 3.96. The molecule has 0 saturated carbocycles. The number of rotatable bonds is 10. The number of likely N-dealkylation sites (tertiary alicyclic amines) is 1. The second kappa shape index (κ2) is 21.6. The van der Waals surface area contributed by atoms with Gasteiger partial charge in [0, 0.05) is 82.4 Å². The average Bonchev–Trinajstić information content (AvgIpc) is 3.41. The number of carbonyl (C=O) groups excluding carboxylic acids is 1. The van der Waals surface area contributed by atoms with Crippen LogP contribution in [0, 0.1) is 5.92 Å². The molecule has 41 heavy (non-hydrogen) atoms. The largest absolute Gasteiger partial charge is 0.369 e. The molecule has 0 aromatic heterocycles. The Morgan fingerprint density at radius 1 is 0.854 bits per heavy atom. The SMILES string of the molecule is CC.CC(=O)[C@@H]1CN(Cc2ccccc2)C[C@H]1c1ccccc1.COCN(Cc1ccccc1)C[Si](C)(C)C.II. The van der Waals surface area contributed by atoms with Crippen molar-refractivity contribution >= 4 is 51.1 Å². The molecule has 0 radical (unpaired) electrons. The maximum absolute atomic E-state index is 12.0. The fraction of sp³-hybridized carbons (Fsp3) is 0.441. The first-order valence-corrected chi connectivity index (χ1v) is 24.5. The van der Waals surface area contributed by atoms with Crippen LogP contribution in [0.1, 0.15) is 43.4 Å². The quantitative estimate of drug-likeness (QED) is 0.116. The molecule has 1 saturated heterocycles. The Morgan fingerprint density at radius 2 is 1.34 bits per heavy atom. The number of hydrogen-bond donors (Lipinski definition) is 0. The normalized spacial score (nSPS) is 16.4. The fourth-order valence-electron chi connectivity index (χ4n) is 5.15. The predicted molar refractivity (Wildman–Crippen MR) is 197 cm³/mol. The van der Waals surface area contributed by atoms with E-state index in [2.05, 4.69) is 146 Å². The van der Waals surface area contributed by atoms with E-state index in [9.17, 15) is 4.79 Å². The standard InChI is InChI=1S/C19H21NO.C13H23NOSi.C2H6.I2/c1-15(21)18-13-20(12-16-8-4-2-5-9-16)14-19(18)17-10-6-3-7-11-17;1-15-11-14(12-16(2,3)4)10-13-8-6-5-7-9-13;2*1-2/h2-11,18-19H,12-14H2,1H3;5-9H,10-12H2,1-4H3;1-2H3;/t18-,19-;;;/m0.../s1. The number of carbonyl (C=O) groups is 1. The zero-order chi connectivity index (χ0) is 30.7. The number of benzene rings is 3. The minimum atomic E-state index is -1.07. The van der Waals surface area contributed by atoms with Gasteiger partial charge in [-0.2, -0.15) is 0 Å². The van der Waals surface area contributed by atoms with Gasteiger partial charge in [-0.1, -0.05) is 124 Å². The van der Waals surface area contributed by atoms with Crippen LogP contribution < -0.4 is 0 Å². The van der Waals surface area contributed by atoms with Crippen LogP contribution in [-0.4, -0.2) is 56.8 Å². The van der Waals surface area contributed by atoms with Crippen molar-refractivity contribution in [3.05, 3.63) is 108 Å². The van der Waals surface area contributed by atoms with Crippen LogP contribution in [0.15, 0.2) is 91.0 Å². The van der Waals surface area contributed by atoms with E-state index in [0.29, 0.717) is 11.7 Å². The number of ether oxygens (including phenoxy) is 1. The molecule has 1 aliphatic rings. The lowest BCUT2D eigenvalue weighted by molar-refractivity contribution is -0.120. The molecule has 3 aromatic rings. The van der Waals surface area contributed by atoms with Crippen molar-refractivity contribution in [2.45, 2.75) is 59.4 Å². The number of halogens is 2. The van der Waals surface area contributed by atoms with E-state index in [1.54, 1.807) is 14.0 Å². The Balaban J connectivity index is 0.000000377. The average molecular weight is 801 g/mol. The molecular weight excluding hydrogens is 750 g/mol. The minimum Gasteiger partial charge on any atom is -0.369 e. The van der Waals surface area contributed by atoms with E-state index >= 15 is 0 Å². The first-order chi connectivity index (χ1) is 19.7. The zero-order valence-electron chi connectivity index (χ0n) is 26.0. The van der Waals surface area contributed by atoms with Gasteiger partial charge in [-0.3, -0.25) is 14.6 Å².